The van der Waals surface area contributed by atoms with Crippen LogP contribution in [0, 0.1) is 0 Å². The van der Waals surface area contributed by atoms with Crippen LogP contribution < -0.4 is 0 Å². The standard InChI is InChI=1S/C20H21NO3/c1-13-10-14(22)11-21(13)20(23)24-12-19-17-8-4-2-6-15(17)16-7-3-5-9-18(16)19/h2-9,13-14,19,22H,10-12H2,1H3/t13-,14+/m0/s1. The van der Waals surface area contributed by atoms with Crippen molar-refractivity contribution in [2.75, 3.05) is 13.2 Å². The van der Waals surface area contributed by atoms with E-state index in [2.05, 4.69) is 24.3 Å². The fourth-order valence-electron chi connectivity index (χ4n) is 3.93. The highest BCUT2D eigenvalue weighted by molar-refractivity contribution is 5.79. The van der Waals surface area contributed by atoms with Crippen LogP contribution in [-0.2, 0) is 4.74 Å². The Morgan fingerprint density at radius 3 is 2.25 bits per heavy atom. The molecule has 1 saturated heterocycles. The van der Waals surface area contributed by atoms with Crippen molar-refractivity contribution in [3.63, 3.8) is 0 Å². The molecule has 2 aromatic carbocycles. The summed E-state index contributed by atoms with van der Waals surface area (Å²) in [6.07, 6.45) is -0.161. The molecule has 4 rings (SSSR count). The largest absolute Gasteiger partial charge is 0.448 e. The maximum Gasteiger partial charge on any atom is 0.410 e. The van der Waals surface area contributed by atoms with Gasteiger partial charge in [0, 0.05) is 12.0 Å². The highest BCUT2D eigenvalue weighted by Gasteiger charge is 2.34. The molecule has 1 aliphatic carbocycles. The normalized spacial score (nSPS) is 22.3. The second kappa shape index (κ2) is 5.95. The first-order valence-corrected chi connectivity index (χ1v) is 8.45. The lowest BCUT2D eigenvalue weighted by Crippen LogP contribution is -2.35. The van der Waals surface area contributed by atoms with Crippen molar-refractivity contribution in [3.8, 4) is 11.1 Å². The van der Waals surface area contributed by atoms with Crippen LogP contribution in [0.4, 0.5) is 4.79 Å². The van der Waals surface area contributed by atoms with Crippen molar-refractivity contribution in [2.45, 2.75) is 31.4 Å². The Morgan fingerprint density at radius 1 is 1.12 bits per heavy atom. The fourth-order valence-corrected chi connectivity index (χ4v) is 3.93. The molecule has 0 saturated carbocycles. The zero-order valence-electron chi connectivity index (χ0n) is 13.7. The van der Waals surface area contributed by atoms with Gasteiger partial charge < -0.3 is 14.7 Å². The lowest BCUT2D eigenvalue weighted by atomic mass is 9.98. The maximum atomic E-state index is 12.4. The van der Waals surface area contributed by atoms with E-state index in [4.69, 9.17) is 4.74 Å². The molecule has 2 atom stereocenters. The molecule has 4 nitrogen and oxygen atoms in total. The molecule has 124 valence electrons. The van der Waals surface area contributed by atoms with Gasteiger partial charge in [0.25, 0.3) is 0 Å². The van der Waals surface area contributed by atoms with Crippen molar-refractivity contribution in [3.05, 3.63) is 59.7 Å². The van der Waals surface area contributed by atoms with Crippen LogP contribution >= 0.6 is 0 Å². The number of fused-ring (bicyclic) bond motifs is 3. The Bertz CT molecular complexity index is 727. The lowest BCUT2D eigenvalue weighted by Gasteiger charge is -2.22. The molecule has 1 amide bonds. The molecule has 4 heteroatoms. The van der Waals surface area contributed by atoms with Crippen LogP contribution in [0.15, 0.2) is 48.5 Å². The Morgan fingerprint density at radius 2 is 1.71 bits per heavy atom. The molecule has 1 N–H and O–H groups in total. The number of β-amino-alcohol motifs (C(OH)–C–C–N with tert-alkyl or cyclic N) is 1. The Kier molecular flexibility index (Phi) is 3.77. The van der Waals surface area contributed by atoms with Crippen molar-refractivity contribution in [1.29, 1.82) is 0 Å². The zero-order valence-corrected chi connectivity index (χ0v) is 13.7. The number of hydrogen-bond acceptors (Lipinski definition) is 3. The summed E-state index contributed by atoms with van der Waals surface area (Å²) < 4.78 is 5.62. The third-order valence-electron chi connectivity index (χ3n) is 5.12. The van der Waals surface area contributed by atoms with E-state index in [0.717, 1.165) is 0 Å². The molecule has 2 aromatic rings. The summed E-state index contributed by atoms with van der Waals surface area (Å²) in [7, 11) is 0. The molecule has 1 fully saturated rings. The van der Waals surface area contributed by atoms with Gasteiger partial charge in [0.1, 0.15) is 6.61 Å². The zero-order chi connectivity index (χ0) is 16.7. The average Bonchev–Trinajstić information content (AvgIpc) is 3.10. The maximum absolute atomic E-state index is 12.4. The minimum atomic E-state index is -0.444. The number of rotatable bonds is 2. The molecule has 0 spiro atoms. The summed E-state index contributed by atoms with van der Waals surface area (Å²) in [6.45, 7) is 2.63. The number of ether oxygens (including phenoxy) is 1. The summed E-state index contributed by atoms with van der Waals surface area (Å²) in [5.74, 6) is 0.0733. The van der Waals surface area contributed by atoms with E-state index < -0.39 is 6.10 Å². The van der Waals surface area contributed by atoms with E-state index in [1.54, 1.807) is 4.90 Å². The minimum absolute atomic E-state index is 0.0238. The third-order valence-corrected chi connectivity index (χ3v) is 5.12. The summed E-state index contributed by atoms with van der Waals surface area (Å²) in [5.41, 5.74) is 4.86. The molecule has 0 radical (unpaired) electrons. The smallest absolute Gasteiger partial charge is 0.410 e. The Balaban J connectivity index is 1.54. The summed E-state index contributed by atoms with van der Waals surface area (Å²) >= 11 is 0. The number of benzene rings is 2. The van der Waals surface area contributed by atoms with Gasteiger partial charge in [-0.3, -0.25) is 0 Å². The van der Waals surface area contributed by atoms with E-state index in [1.165, 1.54) is 22.3 Å². The summed E-state index contributed by atoms with van der Waals surface area (Å²) in [5, 5.41) is 9.71. The van der Waals surface area contributed by atoms with Crippen molar-refractivity contribution < 1.29 is 14.6 Å². The Labute approximate surface area is 141 Å². The highest BCUT2D eigenvalue weighted by atomic mass is 16.6. The quantitative estimate of drug-likeness (QED) is 0.921. The topological polar surface area (TPSA) is 49.8 Å². The number of hydrogen-bond donors (Lipinski definition) is 1. The lowest BCUT2D eigenvalue weighted by molar-refractivity contribution is 0.0929. The van der Waals surface area contributed by atoms with Crippen molar-refractivity contribution in [1.82, 2.24) is 4.90 Å². The number of aliphatic hydroxyl groups is 1. The fraction of sp³-hybridized carbons (Fsp3) is 0.350. The van der Waals surface area contributed by atoms with E-state index >= 15 is 0 Å². The second-order valence-corrected chi connectivity index (χ2v) is 6.69. The number of likely N-dealkylation sites (tertiary alicyclic amines) is 1. The van der Waals surface area contributed by atoms with Crippen LogP contribution in [0.3, 0.4) is 0 Å². The first-order valence-electron chi connectivity index (χ1n) is 8.45. The number of aliphatic hydroxyl groups excluding tert-OH is 1. The number of carbonyl (C=O) groups is 1. The van der Waals surface area contributed by atoms with Gasteiger partial charge in [0.15, 0.2) is 0 Å². The number of carbonyl (C=O) groups excluding carboxylic acids is 1. The van der Waals surface area contributed by atoms with Crippen molar-refractivity contribution in [2.24, 2.45) is 0 Å². The van der Waals surface area contributed by atoms with Gasteiger partial charge in [-0.1, -0.05) is 48.5 Å². The van der Waals surface area contributed by atoms with Crippen molar-refractivity contribution >= 4 is 6.09 Å². The van der Waals surface area contributed by atoms with Gasteiger partial charge in [-0.2, -0.15) is 0 Å². The third kappa shape index (κ3) is 2.47. The first kappa shape index (κ1) is 15.2. The molecule has 24 heavy (non-hydrogen) atoms. The van der Waals surface area contributed by atoms with E-state index in [9.17, 15) is 9.90 Å². The molecule has 1 heterocycles. The molecular formula is C20H21NO3. The van der Waals surface area contributed by atoms with Crippen LogP contribution in [0.5, 0.6) is 0 Å². The second-order valence-electron chi connectivity index (χ2n) is 6.69. The van der Waals surface area contributed by atoms with Gasteiger partial charge >= 0.3 is 6.09 Å². The molecule has 2 aliphatic rings. The summed E-state index contributed by atoms with van der Waals surface area (Å²) in [4.78, 5) is 14.0. The van der Waals surface area contributed by atoms with E-state index in [-0.39, 0.29) is 18.1 Å². The van der Waals surface area contributed by atoms with Gasteiger partial charge in [-0.15, -0.1) is 0 Å². The number of nitrogens with zero attached hydrogens (tertiary/aromatic N) is 1. The molecule has 1 aliphatic heterocycles. The predicted molar refractivity (Wildman–Crippen MR) is 91.9 cm³/mol. The molecule has 0 unspecified atom stereocenters. The molecule has 0 bridgehead atoms. The summed E-state index contributed by atoms with van der Waals surface area (Å²) in [6, 6.07) is 16.6. The predicted octanol–water partition coefficient (Wildman–Crippen LogP) is 3.39. The average molecular weight is 323 g/mol. The first-order chi connectivity index (χ1) is 11.6. The van der Waals surface area contributed by atoms with Gasteiger partial charge in [0.05, 0.1) is 12.6 Å². The SMILES string of the molecule is C[C@H]1C[C@@H](O)CN1C(=O)OCC1c2ccccc2-c2ccccc21. The van der Waals surface area contributed by atoms with Gasteiger partial charge in [-0.25, -0.2) is 4.79 Å². The van der Waals surface area contributed by atoms with E-state index in [1.807, 2.05) is 31.2 Å². The van der Waals surface area contributed by atoms with Crippen LogP contribution in [0.25, 0.3) is 11.1 Å². The van der Waals surface area contributed by atoms with E-state index in [0.29, 0.717) is 19.6 Å². The van der Waals surface area contributed by atoms with Crippen LogP contribution in [-0.4, -0.2) is 41.4 Å². The molecule has 0 aromatic heterocycles. The number of amides is 1. The van der Waals surface area contributed by atoms with Gasteiger partial charge in [-0.05, 0) is 35.6 Å². The van der Waals surface area contributed by atoms with Gasteiger partial charge in [0.2, 0.25) is 0 Å². The minimum Gasteiger partial charge on any atom is -0.448 e. The monoisotopic (exact) mass is 323 g/mol. The van der Waals surface area contributed by atoms with Crippen LogP contribution in [0.2, 0.25) is 0 Å². The molecular weight excluding hydrogens is 302 g/mol. The Hall–Kier alpha value is -2.33. The van der Waals surface area contributed by atoms with Crippen LogP contribution in [0.1, 0.15) is 30.4 Å². The highest BCUT2D eigenvalue weighted by Crippen LogP contribution is 2.44.